The predicted octanol–water partition coefficient (Wildman–Crippen LogP) is -0.795. The van der Waals surface area contributed by atoms with Crippen molar-refractivity contribution in [2.45, 2.75) is 51.1 Å². The third-order valence-electron chi connectivity index (χ3n) is 4.70. The van der Waals surface area contributed by atoms with Crippen molar-refractivity contribution in [1.29, 1.82) is 0 Å². The minimum absolute atomic E-state index is 0.0427. The lowest BCUT2D eigenvalue weighted by Crippen LogP contribution is -2.53. The van der Waals surface area contributed by atoms with Crippen LogP contribution in [-0.4, -0.2) is 73.5 Å². The fraction of sp³-hybridized carbons (Fsp3) is 0.706. The maximum atomic E-state index is 13.1. The van der Waals surface area contributed by atoms with Gasteiger partial charge in [0.2, 0.25) is 30.4 Å². The summed E-state index contributed by atoms with van der Waals surface area (Å²) in [6.07, 6.45) is -1.64. The Bertz CT molecular complexity index is 602. The molecule has 1 saturated heterocycles. The van der Waals surface area contributed by atoms with Crippen LogP contribution in [0.4, 0.5) is 8.78 Å². The summed E-state index contributed by atoms with van der Waals surface area (Å²) in [5.41, 5.74) is 0. The minimum atomic E-state index is -2.73. The van der Waals surface area contributed by atoms with Crippen molar-refractivity contribution in [2.24, 2.45) is 5.92 Å². The van der Waals surface area contributed by atoms with Gasteiger partial charge in [0.25, 0.3) is 5.91 Å². The summed E-state index contributed by atoms with van der Waals surface area (Å²) in [5, 5.41) is 6.69. The van der Waals surface area contributed by atoms with Crippen LogP contribution in [-0.2, 0) is 24.0 Å². The number of alkyl halides is 2. The minimum Gasteiger partial charge on any atom is -0.358 e. The highest BCUT2D eigenvalue weighted by molar-refractivity contribution is 6.38. The molecule has 0 aliphatic carbocycles. The first-order valence-corrected chi connectivity index (χ1v) is 9.07. The van der Waals surface area contributed by atoms with Gasteiger partial charge in [-0.3, -0.25) is 24.0 Å². The van der Waals surface area contributed by atoms with E-state index in [1.807, 2.05) is 0 Å². The molecule has 4 amide bonds. The van der Waals surface area contributed by atoms with Gasteiger partial charge < -0.3 is 20.9 Å². The molecular formula is C17H26F2N4O5. The Kier molecular flexibility index (Phi) is 9.46. The van der Waals surface area contributed by atoms with Gasteiger partial charge in [0.15, 0.2) is 0 Å². The zero-order chi connectivity index (χ0) is 21.3. The first-order valence-electron chi connectivity index (χ1n) is 9.07. The normalized spacial score (nSPS) is 18.3. The van der Waals surface area contributed by atoms with E-state index in [4.69, 9.17) is 0 Å². The summed E-state index contributed by atoms with van der Waals surface area (Å²) < 4.78 is 26.3. The van der Waals surface area contributed by atoms with Crippen LogP contribution in [0.2, 0.25) is 0 Å². The number of amides is 4. The molecule has 1 aliphatic heterocycles. The molecule has 3 unspecified atom stereocenters. The van der Waals surface area contributed by atoms with Gasteiger partial charge in [-0.15, -0.1) is 0 Å². The van der Waals surface area contributed by atoms with Gasteiger partial charge in [0.05, 0.1) is 12.6 Å². The number of ketones is 1. The number of halogens is 2. The van der Waals surface area contributed by atoms with Crippen molar-refractivity contribution in [2.75, 3.05) is 20.1 Å². The molecule has 11 heteroatoms. The lowest BCUT2D eigenvalue weighted by molar-refractivity contribution is -0.141. The molecule has 0 spiro atoms. The molecule has 9 nitrogen and oxygen atoms in total. The molecule has 0 aromatic rings. The van der Waals surface area contributed by atoms with Crippen LogP contribution >= 0.6 is 0 Å². The monoisotopic (exact) mass is 404 g/mol. The second kappa shape index (κ2) is 11.3. The van der Waals surface area contributed by atoms with Crippen LogP contribution in [0.1, 0.15) is 32.6 Å². The van der Waals surface area contributed by atoms with Crippen LogP contribution in [0.25, 0.3) is 0 Å². The summed E-state index contributed by atoms with van der Waals surface area (Å²) in [6.45, 7) is 1.42. The van der Waals surface area contributed by atoms with Gasteiger partial charge in [-0.05, 0) is 25.7 Å². The number of hydrogen-bond donors (Lipinski definition) is 3. The number of carbonyl (C=O) groups excluding carboxylic acids is 5. The molecule has 3 N–H and O–H groups in total. The highest BCUT2D eigenvalue weighted by atomic mass is 19.3. The van der Waals surface area contributed by atoms with Crippen molar-refractivity contribution in [3.8, 4) is 0 Å². The van der Waals surface area contributed by atoms with Gasteiger partial charge in [-0.1, -0.05) is 6.92 Å². The molecule has 1 fully saturated rings. The number of likely N-dealkylation sites (tertiary alicyclic amines) is 1. The van der Waals surface area contributed by atoms with Crippen LogP contribution in [0, 0.1) is 5.92 Å². The maximum Gasteiger partial charge on any atom is 0.290 e. The van der Waals surface area contributed by atoms with Gasteiger partial charge in [-0.25, -0.2) is 8.78 Å². The molecule has 158 valence electrons. The zero-order valence-corrected chi connectivity index (χ0v) is 15.9. The average Bonchev–Trinajstić information content (AvgIpc) is 3.16. The summed E-state index contributed by atoms with van der Waals surface area (Å²) in [5.74, 6) is -4.70. The molecule has 1 heterocycles. The second-order valence-corrected chi connectivity index (χ2v) is 6.52. The number of carbonyl (C=O) groups is 5. The summed E-state index contributed by atoms with van der Waals surface area (Å²) in [6, 6.07) is -2.29. The smallest absolute Gasteiger partial charge is 0.290 e. The molecule has 0 aromatic heterocycles. The first-order chi connectivity index (χ1) is 13.2. The molecule has 1 aliphatic rings. The molecule has 28 heavy (non-hydrogen) atoms. The van der Waals surface area contributed by atoms with Crippen LogP contribution in [0.5, 0.6) is 0 Å². The molecule has 0 aromatic carbocycles. The fourth-order valence-corrected chi connectivity index (χ4v) is 2.94. The first kappa shape index (κ1) is 23.4. The number of likely N-dealkylation sites (N-methyl/N-ethyl adjacent to an activating group) is 1. The highest BCUT2D eigenvalue weighted by Crippen LogP contribution is 2.21. The molecule has 0 saturated carbocycles. The second-order valence-electron chi connectivity index (χ2n) is 6.52. The quantitative estimate of drug-likeness (QED) is 0.307. The van der Waals surface area contributed by atoms with E-state index in [2.05, 4.69) is 16.0 Å². The van der Waals surface area contributed by atoms with E-state index < -0.39 is 60.9 Å². The molecule has 0 radical (unpaired) electrons. The average molecular weight is 404 g/mol. The molecule has 0 bridgehead atoms. The van der Waals surface area contributed by atoms with Gasteiger partial charge in [0, 0.05) is 19.5 Å². The highest BCUT2D eigenvalue weighted by Gasteiger charge is 2.36. The Balaban J connectivity index is 2.89. The summed E-state index contributed by atoms with van der Waals surface area (Å²) in [4.78, 5) is 60.4. The standard InChI is InChI=1S/C17H26F2N4O5/c1-3-10(15(18)19)7-11(14(26)17(28)21-8-13(25)20-2)22-16(27)12-5-4-6-23(12)9-24/h9-12,15H,3-8H2,1-2H3,(H,20,25)(H,21,28)(H,22,27). The molecular weight excluding hydrogens is 378 g/mol. The Labute approximate surface area is 161 Å². The molecule has 1 rings (SSSR count). The maximum absolute atomic E-state index is 13.1. The van der Waals surface area contributed by atoms with Gasteiger partial charge in [0.1, 0.15) is 6.04 Å². The third kappa shape index (κ3) is 6.54. The van der Waals surface area contributed by atoms with Crippen molar-refractivity contribution >= 4 is 29.9 Å². The van der Waals surface area contributed by atoms with E-state index in [-0.39, 0.29) is 6.42 Å². The largest absolute Gasteiger partial charge is 0.358 e. The van der Waals surface area contributed by atoms with Crippen molar-refractivity contribution in [1.82, 2.24) is 20.9 Å². The summed E-state index contributed by atoms with van der Waals surface area (Å²) in [7, 11) is 1.34. The Morgan fingerprint density at radius 2 is 1.93 bits per heavy atom. The van der Waals surface area contributed by atoms with Crippen LogP contribution in [0.3, 0.4) is 0 Å². The van der Waals surface area contributed by atoms with E-state index in [0.29, 0.717) is 25.8 Å². The third-order valence-corrected chi connectivity index (χ3v) is 4.70. The van der Waals surface area contributed by atoms with E-state index in [9.17, 15) is 32.8 Å². The topological polar surface area (TPSA) is 125 Å². The zero-order valence-electron chi connectivity index (χ0n) is 15.9. The summed E-state index contributed by atoms with van der Waals surface area (Å²) >= 11 is 0. The number of Topliss-reactive ketones (excluding diaryl/α,β-unsaturated/α-hetero) is 1. The van der Waals surface area contributed by atoms with Gasteiger partial charge in [-0.2, -0.15) is 0 Å². The van der Waals surface area contributed by atoms with Crippen molar-refractivity contribution in [3.05, 3.63) is 0 Å². The van der Waals surface area contributed by atoms with E-state index in [1.54, 1.807) is 0 Å². The Morgan fingerprint density at radius 1 is 1.25 bits per heavy atom. The van der Waals surface area contributed by atoms with Crippen molar-refractivity contribution < 1.29 is 32.8 Å². The number of nitrogens with zero attached hydrogens (tertiary/aromatic N) is 1. The van der Waals surface area contributed by atoms with E-state index in [1.165, 1.54) is 18.9 Å². The number of rotatable bonds is 11. The van der Waals surface area contributed by atoms with E-state index in [0.717, 1.165) is 0 Å². The lowest BCUT2D eigenvalue weighted by atomic mass is 9.94. The number of nitrogens with one attached hydrogen (secondary N) is 3. The SMILES string of the molecule is CCC(CC(NC(=O)C1CCCN1C=O)C(=O)C(=O)NCC(=O)NC)C(F)F. The van der Waals surface area contributed by atoms with Crippen LogP contribution in [0.15, 0.2) is 0 Å². The van der Waals surface area contributed by atoms with Crippen LogP contribution < -0.4 is 16.0 Å². The van der Waals surface area contributed by atoms with Crippen molar-refractivity contribution in [3.63, 3.8) is 0 Å². The number of hydrogen-bond acceptors (Lipinski definition) is 5. The predicted molar refractivity (Wildman–Crippen MR) is 94.2 cm³/mol. The Morgan fingerprint density at radius 3 is 2.46 bits per heavy atom. The lowest BCUT2D eigenvalue weighted by Gasteiger charge is -2.25. The Hall–Kier alpha value is -2.59. The molecule has 3 atom stereocenters. The van der Waals surface area contributed by atoms with E-state index >= 15 is 0 Å². The van der Waals surface area contributed by atoms with Gasteiger partial charge >= 0.3 is 0 Å². The fourth-order valence-electron chi connectivity index (χ4n) is 2.94.